The summed E-state index contributed by atoms with van der Waals surface area (Å²) in [6, 6.07) is 1.50. The van der Waals surface area contributed by atoms with Crippen LogP contribution in [0.25, 0.3) is 0 Å². The summed E-state index contributed by atoms with van der Waals surface area (Å²) in [5.41, 5.74) is 6.27. The number of esters is 1. The monoisotopic (exact) mass is 280 g/mol. The number of pyridine rings is 1. The number of hydrogen-bond donors (Lipinski definition) is 2. The minimum atomic E-state index is -0.530. The smallest absolute Gasteiger partial charge is 0.341 e. The molecule has 1 amide bonds. The highest BCUT2D eigenvalue weighted by atomic mass is 16.5. The molecule has 0 aliphatic carbocycles. The number of nitrogens with two attached hydrogens (primary N) is 1. The van der Waals surface area contributed by atoms with Crippen molar-refractivity contribution in [1.29, 1.82) is 0 Å². The van der Waals surface area contributed by atoms with Crippen molar-refractivity contribution in [1.82, 2.24) is 10.3 Å². The van der Waals surface area contributed by atoms with Crippen LogP contribution in [0.4, 0.5) is 11.5 Å². The summed E-state index contributed by atoms with van der Waals surface area (Å²) in [5, 5.41) is 2.55. The maximum atomic E-state index is 11.8. The molecule has 1 rings (SSSR count). The highest BCUT2D eigenvalue weighted by Gasteiger charge is 2.20. The number of nitrogen functional groups attached to an aromatic ring is 1. The highest BCUT2D eigenvalue weighted by molar-refractivity contribution is 5.96. The van der Waals surface area contributed by atoms with Crippen LogP contribution in [0, 0.1) is 0 Å². The van der Waals surface area contributed by atoms with E-state index in [-0.39, 0.29) is 18.0 Å². The summed E-state index contributed by atoms with van der Waals surface area (Å²) in [5.74, 6) is -0.290. The molecule has 0 radical (unpaired) electrons. The molecule has 0 bridgehead atoms. The second-order valence-corrected chi connectivity index (χ2v) is 4.23. The Morgan fingerprint density at radius 3 is 2.75 bits per heavy atom. The van der Waals surface area contributed by atoms with E-state index in [2.05, 4.69) is 10.3 Å². The molecule has 0 saturated heterocycles. The zero-order valence-corrected chi connectivity index (χ0v) is 12.0. The minimum absolute atomic E-state index is 0.116. The number of nitrogens with zero attached hydrogens (tertiary/aromatic N) is 2. The van der Waals surface area contributed by atoms with Crippen LogP contribution >= 0.6 is 0 Å². The van der Waals surface area contributed by atoms with Gasteiger partial charge in [-0.25, -0.2) is 9.78 Å². The molecule has 0 aromatic carbocycles. The molecule has 7 heteroatoms. The van der Waals surface area contributed by atoms with E-state index in [1.165, 1.54) is 19.4 Å². The molecule has 0 spiro atoms. The zero-order valence-electron chi connectivity index (χ0n) is 12.0. The molecule has 0 saturated carbocycles. The van der Waals surface area contributed by atoms with Crippen molar-refractivity contribution in [2.45, 2.75) is 13.3 Å². The third-order valence-corrected chi connectivity index (χ3v) is 2.70. The van der Waals surface area contributed by atoms with Gasteiger partial charge in [-0.15, -0.1) is 0 Å². The summed E-state index contributed by atoms with van der Waals surface area (Å²) in [4.78, 5) is 29.3. The number of methoxy groups -OCH3 is 1. The van der Waals surface area contributed by atoms with Crippen molar-refractivity contribution in [3.05, 3.63) is 17.8 Å². The Bertz CT molecular complexity index is 491. The highest BCUT2D eigenvalue weighted by Crippen LogP contribution is 2.21. The number of carbonyl (C=O) groups excluding carboxylic acids is 2. The van der Waals surface area contributed by atoms with Crippen molar-refractivity contribution in [2.24, 2.45) is 0 Å². The third-order valence-electron chi connectivity index (χ3n) is 2.70. The number of hydrogen-bond acceptors (Lipinski definition) is 6. The van der Waals surface area contributed by atoms with Crippen LogP contribution in [0.3, 0.4) is 0 Å². The third kappa shape index (κ3) is 3.84. The van der Waals surface area contributed by atoms with Crippen molar-refractivity contribution >= 4 is 23.4 Å². The molecule has 0 fully saturated rings. The summed E-state index contributed by atoms with van der Waals surface area (Å²) < 4.78 is 4.73. The number of rotatable bonds is 6. The fourth-order valence-electron chi connectivity index (χ4n) is 1.77. The van der Waals surface area contributed by atoms with Crippen LogP contribution in [0.2, 0.25) is 0 Å². The molecule has 110 valence electrons. The van der Waals surface area contributed by atoms with Crippen LogP contribution in [0.5, 0.6) is 0 Å². The minimum Gasteiger partial charge on any atom is -0.465 e. The first-order chi connectivity index (χ1) is 9.53. The first kappa shape index (κ1) is 15.7. The van der Waals surface area contributed by atoms with Gasteiger partial charge < -0.3 is 20.7 Å². The Morgan fingerprint density at radius 2 is 2.20 bits per heavy atom. The normalized spacial score (nSPS) is 9.95. The van der Waals surface area contributed by atoms with Gasteiger partial charge in [0.2, 0.25) is 5.91 Å². The molecule has 1 aromatic heterocycles. The van der Waals surface area contributed by atoms with Gasteiger partial charge in [-0.05, 0) is 12.5 Å². The Balaban J connectivity index is 3.17. The van der Waals surface area contributed by atoms with E-state index in [0.29, 0.717) is 18.1 Å². The maximum Gasteiger partial charge on any atom is 0.341 e. The van der Waals surface area contributed by atoms with Crippen LogP contribution in [0.1, 0.15) is 23.7 Å². The Hall–Kier alpha value is -2.31. The fourth-order valence-corrected chi connectivity index (χ4v) is 1.77. The molecule has 0 unspecified atom stereocenters. The average Bonchev–Trinajstić information content (AvgIpc) is 2.45. The number of amides is 1. The quantitative estimate of drug-likeness (QED) is 0.733. The zero-order chi connectivity index (χ0) is 15.1. The second-order valence-electron chi connectivity index (χ2n) is 4.23. The number of nitrogens with one attached hydrogen (secondary N) is 1. The number of likely N-dealkylation sites (N-methyl/N-ethyl adjacent to an activating group) is 1. The Morgan fingerprint density at radius 1 is 1.50 bits per heavy atom. The van der Waals surface area contributed by atoms with Crippen molar-refractivity contribution < 1.29 is 14.3 Å². The number of carbonyl (C=O) groups is 2. The molecule has 0 atom stereocenters. The first-order valence-corrected chi connectivity index (χ1v) is 6.32. The predicted molar refractivity (Wildman–Crippen MR) is 76.6 cm³/mol. The number of anilines is 2. The average molecular weight is 280 g/mol. The largest absolute Gasteiger partial charge is 0.465 e. The Kier molecular flexibility index (Phi) is 5.76. The molecule has 20 heavy (non-hydrogen) atoms. The predicted octanol–water partition coefficient (Wildman–Crippen LogP) is 0.413. The van der Waals surface area contributed by atoms with Gasteiger partial charge in [0, 0.05) is 13.6 Å². The van der Waals surface area contributed by atoms with E-state index in [9.17, 15) is 9.59 Å². The molecule has 0 aliphatic heterocycles. The van der Waals surface area contributed by atoms with Gasteiger partial charge in [0.25, 0.3) is 0 Å². The molecular formula is C13H20N4O3. The van der Waals surface area contributed by atoms with E-state index in [1.54, 1.807) is 11.9 Å². The van der Waals surface area contributed by atoms with Crippen LogP contribution in [-0.2, 0) is 9.53 Å². The molecule has 0 aliphatic rings. The van der Waals surface area contributed by atoms with Crippen molar-refractivity contribution in [3.8, 4) is 0 Å². The second kappa shape index (κ2) is 7.32. The molecule has 1 aromatic rings. The van der Waals surface area contributed by atoms with Gasteiger partial charge in [-0.1, -0.05) is 6.92 Å². The number of ether oxygens (including phenoxy) is 1. The SMILES string of the molecule is CCCN(CC(=O)NC)c1ncc(N)cc1C(=O)OC. The topological polar surface area (TPSA) is 97.5 Å². The first-order valence-electron chi connectivity index (χ1n) is 6.32. The van der Waals surface area contributed by atoms with Gasteiger partial charge in [0.1, 0.15) is 11.4 Å². The molecule has 1 heterocycles. The molecule has 3 N–H and O–H groups in total. The number of aromatic nitrogens is 1. The summed E-state index contributed by atoms with van der Waals surface area (Å²) >= 11 is 0. The van der Waals surface area contributed by atoms with Gasteiger partial charge in [-0.2, -0.15) is 0 Å². The van der Waals surface area contributed by atoms with Crippen molar-refractivity contribution in [3.63, 3.8) is 0 Å². The van der Waals surface area contributed by atoms with Gasteiger partial charge >= 0.3 is 5.97 Å². The van der Waals surface area contributed by atoms with Crippen molar-refractivity contribution in [2.75, 3.05) is 37.9 Å². The van der Waals surface area contributed by atoms with Crippen LogP contribution < -0.4 is 16.0 Å². The van der Waals surface area contributed by atoms with E-state index >= 15 is 0 Å². The standard InChI is InChI=1S/C13H20N4O3/c1-4-5-17(8-11(18)15-2)12-10(13(19)20-3)6-9(14)7-16-12/h6-7H,4-5,8,14H2,1-3H3,(H,15,18). The van der Waals surface area contributed by atoms with E-state index in [1.807, 2.05) is 6.92 Å². The fraction of sp³-hybridized carbons (Fsp3) is 0.462. The lowest BCUT2D eigenvalue weighted by atomic mass is 10.2. The van der Waals surface area contributed by atoms with Gasteiger partial charge in [-0.3, -0.25) is 4.79 Å². The van der Waals surface area contributed by atoms with Crippen LogP contribution in [-0.4, -0.2) is 44.1 Å². The summed E-state index contributed by atoms with van der Waals surface area (Å²) in [6.45, 7) is 2.69. The van der Waals surface area contributed by atoms with E-state index in [0.717, 1.165) is 6.42 Å². The van der Waals surface area contributed by atoms with Gasteiger partial charge in [0.05, 0.1) is 25.5 Å². The summed E-state index contributed by atoms with van der Waals surface area (Å²) in [7, 11) is 2.85. The van der Waals surface area contributed by atoms with E-state index < -0.39 is 5.97 Å². The lowest BCUT2D eigenvalue weighted by Crippen LogP contribution is -2.37. The van der Waals surface area contributed by atoms with Gasteiger partial charge in [0.15, 0.2) is 0 Å². The summed E-state index contributed by atoms with van der Waals surface area (Å²) in [6.07, 6.45) is 2.26. The maximum absolute atomic E-state index is 11.8. The Labute approximate surface area is 118 Å². The molecule has 7 nitrogen and oxygen atoms in total. The molecular weight excluding hydrogens is 260 g/mol. The van der Waals surface area contributed by atoms with E-state index in [4.69, 9.17) is 10.5 Å². The lowest BCUT2D eigenvalue weighted by Gasteiger charge is -2.24. The lowest BCUT2D eigenvalue weighted by molar-refractivity contribution is -0.119. The van der Waals surface area contributed by atoms with Crippen LogP contribution in [0.15, 0.2) is 12.3 Å².